The van der Waals surface area contributed by atoms with E-state index in [1.807, 2.05) is 0 Å². The Balaban J connectivity index is 1.80. The molecule has 1 aliphatic rings. The van der Waals surface area contributed by atoms with Gasteiger partial charge in [-0.15, -0.1) is 0 Å². The molecule has 1 unspecified atom stereocenters. The van der Waals surface area contributed by atoms with Gasteiger partial charge < -0.3 is 5.11 Å². The van der Waals surface area contributed by atoms with Crippen molar-refractivity contribution in [2.24, 2.45) is 0 Å². The minimum Gasteiger partial charge on any atom is -0.386 e. The number of pyridine rings is 1. The number of halogens is 2. The molecule has 0 saturated carbocycles. The molecule has 20 heavy (non-hydrogen) atoms. The Morgan fingerprint density at radius 2 is 1.95 bits per heavy atom. The van der Waals surface area contributed by atoms with E-state index in [1.165, 1.54) is 30.2 Å². The monoisotopic (exact) mass is 307 g/mol. The minimum atomic E-state index is -0.709. The molecule has 0 radical (unpaired) electrons. The van der Waals surface area contributed by atoms with Gasteiger partial charge in [-0.2, -0.15) is 0 Å². The Morgan fingerprint density at radius 3 is 2.75 bits per heavy atom. The van der Waals surface area contributed by atoms with Crippen LogP contribution in [-0.2, 0) is 19.3 Å². The van der Waals surface area contributed by atoms with Crippen LogP contribution in [0.15, 0.2) is 30.5 Å². The first kappa shape index (κ1) is 13.9. The topological polar surface area (TPSA) is 33.1 Å². The van der Waals surface area contributed by atoms with Crippen LogP contribution in [0, 0.1) is 0 Å². The lowest BCUT2D eigenvalue weighted by atomic mass is 10.0. The maximum Gasteiger partial charge on any atom is 0.101 e. The number of aliphatic hydroxyl groups excluding tert-OH is 1. The standard InChI is InChI=1S/C16H15Cl2NO/c17-13-8-14(18)16(19-9-13)15(20)7-10-4-5-11-2-1-3-12(11)6-10/h4-6,8-9,15,20H,1-3,7H2. The van der Waals surface area contributed by atoms with Crippen molar-refractivity contribution in [3.8, 4) is 0 Å². The Hall–Kier alpha value is -1.09. The van der Waals surface area contributed by atoms with Crippen LogP contribution in [0.1, 0.15) is 34.9 Å². The van der Waals surface area contributed by atoms with E-state index in [4.69, 9.17) is 23.2 Å². The summed E-state index contributed by atoms with van der Waals surface area (Å²) in [5, 5.41) is 11.2. The van der Waals surface area contributed by atoms with Crippen molar-refractivity contribution in [2.45, 2.75) is 31.8 Å². The van der Waals surface area contributed by atoms with Crippen molar-refractivity contribution in [1.82, 2.24) is 4.98 Å². The zero-order chi connectivity index (χ0) is 14.1. The summed E-state index contributed by atoms with van der Waals surface area (Å²) in [6, 6.07) is 8.05. The predicted octanol–water partition coefficient (Wildman–Crippen LogP) is 4.15. The van der Waals surface area contributed by atoms with E-state index in [2.05, 4.69) is 23.2 Å². The van der Waals surface area contributed by atoms with E-state index in [9.17, 15) is 5.11 Å². The Kier molecular flexibility index (Phi) is 3.97. The average molecular weight is 308 g/mol. The molecule has 2 aromatic rings. The smallest absolute Gasteiger partial charge is 0.101 e. The third-order valence-corrected chi connectivity index (χ3v) is 4.25. The van der Waals surface area contributed by atoms with Crippen molar-refractivity contribution < 1.29 is 5.11 Å². The molecule has 0 amide bonds. The molecule has 1 N–H and O–H groups in total. The fourth-order valence-corrected chi connectivity index (χ4v) is 3.25. The number of aryl methyl sites for hydroxylation is 2. The first-order valence-corrected chi connectivity index (χ1v) is 7.49. The molecule has 2 nitrogen and oxygen atoms in total. The minimum absolute atomic E-state index is 0.408. The number of benzene rings is 1. The molecule has 1 heterocycles. The Bertz CT molecular complexity index is 642. The largest absolute Gasteiger partial charge is 0.386 e. The number of hydrogen-bond donors (Lipinski definition) is 1. The molecule has 3 rings (SSSR count). The van der Waals surface area contributed by atoms with Gasteiger partial charge in [0.1, 0.15) is 6.10 Å². The number of nitrogens with zero attached hydrogens (tertiary/aromatic N) is 1. The summed E-state index contributed by atoms with van der Waals surface area (Å²) in [5.74, 6) is 0. The Morgan fingerprint density at radius 1 is 1.15 bits per heavy atom. The highest BCUT2D eigenvalue weighted by atomic mass is 35.5. The molecule has 1 aromatic heterocycles. The fourth-order valence-electron chi connectivity index (χ4n) is 2.74. The Labute approximate surface area is 128 Å². The second kappa shape index (κ2) is 5.72. The predicted molar refractivity (Wildman–Crippen MR) is 81.4 cm³/mol. The highest BCUT2D eigenvalue weighted by molar-refractivity contribution is 6.34. The van der Waals surface area contributed by atoms with Gasteiger partial charge in [-0.1, -0.05) is 41.4 Å². The lowest BCUT2D eigenvalue weighted by Crippen LogP contribution is -2.05. The summed E-state index contributed by atoms with van der Waals surface area (Å²) in [6.07, 6.45) is 4.85. The van der Waals surface area contributed by atoms with E-state index in [-0.39, 0.29) is 0 Å². The van der Waals surface area contributed by atoms with Crippen LogP contribution in [0.25, 0.3) is 0 Å². The lowest BCUT2D eigenvalue weighted by molar-refractivity contribution is 0.173. The maximum absolute atomic E-state index is 10.3. The van der Waals surface area contributed by atoms with E-state index in [0.717, 1.165) is 12.0 Å². The first-order chi connectivity index (χ1) is 9.63. The SMILES string of the molecule is OC(Cc1ccc2c(c1)CCC2)c1ncc(Cl)cc1Cl. The maximum atomic E-state index is 10.3. The van der Waals surface area contributed by atoms with Gasteiger partial charge in [0.15, 0.2) is 0 Å². The number of aromatic nitrogens is 1. The van der Waals surface area contributed by atoms with Crippen molar-refractivity contribution in [1.29, 1.82) is 0 Å². The van der Waals surface area contributed by atoms with E-state index in [0.29, 0.717) is 22.2 Å². The van der Waals surface area contributed by atoms with Crippen LogP contribution in [0.5, 0.6) is 0 Å². The van der Waals surface area contributed by atoms with Gasteiger partial charge in [-0.3, -0.25) is 4.98 Å². The van der Waals surface area contributed by atoms with Crippen molar-refractivity contribution >= 4 is 23.2 Å². The molecule has 4 heteroatoms. The van der Waals surface area contributed by atoms with E-state index in [1.54, 1.807) is 6.07 Å². The quantitative estimate of drug-likeness (QED) is 0.924. The van der Waals surface area contributed by atoms with E-state index < -0.39 is 6.10 Å². The fraction of sp³-hybridized carbons (Fsp3) is 0.312. The van der Waals surface area contributed by atoms with Gasteiger partial charge in [0.2, 0.25) is 0 Å². The zero-order valence-corrected chi connectivity index (χ0v) is 12.5. The molecular weight excluding hydrogens is 293 g/mol. The summed E-state index contributed by atoms with van der Waals surface area (Å²) in [5.41, 5.74) is 4.44. The van der Waals surface area contributed by atoms with E-state index >= 15 is 0 Å². The van der Waals surface area contributed by atoms with Gasteiger partial charge in [-0.05, 0) is 42.0 Å². The van der Waals surface area contributed by atoms with Crippen LogP contribution in [-0.4, -0.2) is 10.1 Å². The highest BCUT2D eigenvalue weighted by Gasteiger charge is 2.16. The normalized spacial score (nSPS) is 15.2. The van der Waals surface area contributed by atoms with Gasteiger partial charge >= 0.3 is 0 Å². The third kappa shape index (κ3) is 2.83. The molecule has 0 spiro atoms. The zero-order valence-electron chi connectivity index (χ0n) is 10.9. The number of hydrogen-bond acceptors (Lipinski definition) is 2. The molecule has 1 atom stereocenters. The number of fused-ring (bicyclic) bond motifs is 1. The van der Waals surface area contributed by atoms with Gasteiger partial charge in [0, 0.05) is 12.6 Å². The molecule has 0 bridgehead atoms. The van der Waals surface area contributed by atoms with Gasteiger partial charge in [0.05, 0.1) is 15.7 Å². The van der Waals surface area contributed by atoms with Crippen LogP contribution in [0.4, 0.5) is 0 Å². The lowest BCUT2D eigenvalue weighted by Gasteiger charge is -2.13. The van der Waals surface area contributed by atoms with Crippen LogP contribution >= 0.6 is 23.2 Å². The van der Waals surface area contributed by atoms with Crippen LogP contribution in [0.3, 0.4) is 0 Å². The second-order valence-corrected chi connectivity index (χ2v) is 6.04. The summed E-state index contributed by atoms with van der Waals surface area (Å²) in [6.45, 7) is 0. The molecule has 1 aliphatic carbocycles. The average Bonchev–Trinajstić information content (AvgIpc) is 2.85. The third-order valence-electron chi connectivity index (χ3n) is 3.74. The molecular formula is C16H15Cl2NO. The molecule has 104 valence electrons. The van der Waals surface area contributed by atoms with Crippen molar-refractivity contribution in [3.05, 3.63) is 62.9 Å². The molecule has 1 aromatic carbocycles. The van der Waals surface area contributed by atoms with Gasteiger partial charge in [0.25, 0.3) is 0 Å². The summed E-state index contributed by atoms with van der Waals surface area (Å²) in [7, 11) is 0. The van der Waals surface area contributed by atoms with Crippen molar-refractivity contribution in [2.75, 3.05) is 0 Å². The number of aliphatic hydroxyl groups is 1. The molecule has 0 aliphatic heterocycles. The summed E-state index contributed by atoms with van der Waals surface area (Å²) >= 11 is 11.9. The molecule has 0 fully saturated rings. The van der Waals surface area contributed by atoms with Crippen molar-refractivity contribution in [3.63, 3.8) is 0 Å². The summed E-state index contributed by atoms with van der Waals surface area (Å²) in [4.78, 5) is 4.13. The summed E-state index contributed by atoms with van der Waals surface area (Å²) < 4.78 is 0. The van der Waals surface area contributed by atoms with Crippen LogP contribution in [0.2, 0.25) is 10.0 Å². The molecule has 0 saturated heterocycles. The van der Waals surface area contributed by atoms with Gasteiger partial charge in [-0.25, -0.2) is 0 Å². The first-order valence-electron chi connectivity index (χ1n) is 6.73. The van der Waals surface area contributed by atoms with Crippen LogP contribution < -0.4 is 0 Å². The second-order valence-electron chi connectivity index (χ2n) is 5.20. The number of rotatable bonds is 3. The highest BCUT2D eigenvalue weighted by Crippen LogP contribution is 2.28.